The van der Waals surface area contributed by atoms with Crippen LogP contribution in [0.1, 0.15) is 60.7 Å². The molecule has 1 amide bonds. The van der Waals surface area contributed by atoms with Crippen LogP contribution in [0.3, 0.4) is 0 Å². The van der Waals surface area contributed by atoms with E-state index < -0.39 is 10.0 Å². The summed E-state index contributed by atoms with van der Waals surface area (Å²) in [4.78, 5) is 13.1. The molecule has 3 rings (SSSR count). The van der Waals surface area contributed by atoms with Gasteiger partial charge in [-0.2, -0.15) is 4.31 Å². The van der Waals surface area contributed by atoms with E-state index in [4.69, 9.17) is 11.6 Å². The minimum atomic E-state index is -3.52. The van der Waals surface area contributed by atoms with Crippen LogP contribution in [0.5, 0.6) is 0 Å². The third kappa shape index (κ3) is 7.02. The highest BCUT2D eigenvalue weighted by Crippen LogP contribution is 2.27. The van der Waals surface area contributed by atoms with Crippen LogP contribution in [0.15, 0.2) is 40.6 Å². The number of thiophene rings is 1. The SMILES string of the molecule is CCCCCNC1CCCN(S(=O)(=O)c2ccc(CNC(=O)c3ccc(Cl)cc3)s2)CC1. The first-order chi connectivity index (χ1) is 15.4. The van der Waals surface area contributed by atoms with E-state index in [2.05, 4.69) is 17.6 Å². The summed E-state index contributed by atoms with van der Waals surface area (Å²) < 4.78 is 28.3. The van der Waals surface area contributed by atoms with Gasteiger partial charge in [-0.05, 0) is 68.6 Å². The van der Waals surface area contributed by atoms with Crippen LogP contribution in [0.4, 0.5) is 0 Å². The second kappa shape index (κ2) is 12.1. The Balaban J connectivity index is 1.53. The molecule has 0 saturated carbocycles. The number of nitrogens with zero attached hydrogens (tertiary/aromatic N) is 1. The standard InChI is InChI=1S/C23H32ClN3O3S2/c1-2-3-4-14-25-20-6-5-15-27(16-13-20)32(29,30)22-12-11-21(31-22)17-26-23(28)18-7-9-19(24)10-8-18/h7-12,20,25H,2-6,13-17H2,1H3,(H,26,28). The van der Waals surface area contributed by atoms with Crippen molar-refractivity contribution < 1.29 is 13.2 Å². The van der Waals surface area contributed by atoms with E-state index in [9.17, 15) is 13.2 Å². The molecule has 0 spiro atoms. The molecule has 2 N–H and O–H groups in total. The number of benzene rings is 1. The van der Waals surface area contributed by atoms with Crippen LogP contribution in [-0.4, -0.2) is 44.3 Å². The van der Waals surface area contributed by atoms with Gasteiger partial charge in [-0.25, -0.2) is 8.42 Å². The predicted molar refractivity (Wildman–Crippen MR) is 131 cm³/mol. The average Bonchev–Trinajstić information content (AvgIpc) is 3.14. The Labute approximate surface area is 200 Å². The Bertz CT molecular complexity index is 977. The number of sulfonamides is 1. The van der Waals surface area contributed by atoms with E-state index >= 15 is 0 Å². The molecule has 32 heavy (non-hydrogen) atoms. The van der Waals surface area contributed by atoms with Gasteiger partial charge in [0.2, 0.25) is 0 Å². The van der Waals surface area contributed by atoms with Crippen molar-refractivity contribution in [3.05, 3.63) is 51.9 Å². The molecule has 1 aliphatic heterocycles. The van der Waals surface area contributed by atoms with E-state index in [1.165, 1.54) is 30.6 Å². The number of halogens is 1. The van der Waals surface area contributed by atoms with Crippen LogP contribution in [0, 0.1) is 0 Å². The zero-order valence-corrected chi connectivity index (χ0v) is 20.9. The van der Waals surface area contributed by atoms with Gasteiger partial charge in [-0.1, -0.05) is 31.4 Å². The molecule has 1 aromatic heterocycles. The zero-order chi connectivity index (χ0) is 23.0. The summed E-state index contributed by atoms with van der Waals surface area (Å²) >= 11 is 7.08. The minimum Gasteiger partial charge on any atom is -0.347 e. The molecule has 176 valence electrons. The van der Waals surface area contributed by atoms with Crippen molar-refractivity contribution in [1.29, 1.82) is 0 Å². The number of carbonyl (C=O) groups is 1. The summed E-state index contributed by atoms with van der Waals surface area (Å²) in [7, 11) is -3.52. The molecule has 9 heteroatoms. The van der Waals surface area contributed by atoms with Crippen molar-refractivity contribution >= 4 is 38.9 Å². The molecule has 1 saturated heterocycles. The lowest BCUT2D eigenvalue weighted by atomic mass is 10.1. The first-order valence-electron chi connectivity index (χ1n) is 11.3. The number of hydrogen-bond donors (Lipinski definition) is 2. The number of unbranched alkanes of at least 4 members (excludes halogenated alkanes) is 2. The molecular weight excluding hydrogens is 466 g/mol. The summed E-state index contributed by atoms with van der Waals surface area (Å²) in [6.45, 7) is 4.56. The smallest absolute Gasteiger partial charge is 0.252 e. The average molecular weight is 498 g/mol. The predicted octanol–water partition coefficient (Wildman–Crippen LogP) is 4.65. The second-order valence-electron chi connectivity index (χ2n) is 8.10. The number of nitrogens with one attached hydrogen (secondary N) is 2. The van der Waals surface area contributed by atoms with Crippen molar-refractivity contribution in [3.8, 4) is 0 Å². The van der Waals surface area contributed by atoms with Gasteiger partial charge in [-0.3, -0.25) is 4.79 Å². The number of hydrogen-bond acceptors (Lipinski definition) is 5. The molecule has 1 fully saturated rings. The van der Waals surface area contributed by atoms with Gasteiger partial charge < -0.3 is 10.6 Å². The van der Waals surface area contributed by atoms with E-state index in [1.807, 2.05) is 0 Å². The van der Waals surface area contributed by atoms with Crippen LogP contribution in [0.2, 0.25) is 5.02 Å². The monoisotopic (exact) mass is 497 g/mol. The molecule has 0 aliphatic carbocycles. The van der Waals surface area contributed by atoms with Crippen LogP contribution in [-0.2, 0) is 16.6 Å². The van der Waals surface area contributed by atoms with Crippen molar-refractivity contribution in [2.24, 2.45) is 0 Å². The Kier molecular flexibility index (Phi) is 9.55. The Morgan fingerprint density at radius 3 is 2.66 bits per heavy atom. The molecule has 1 unspecified atom stereocenters. The molecule has 0 bridgehead atoms. The zero-order valence-electron chi connectivity index (χ0n) is 18.5. The maximum Gasteiger partial charge on any atom is 0.252 e. The molecule has 1 aliphatic rings. The Morgan fingerprint density at radius 2 is 1.91 bits per heavy atom. The van der Waals surface area contributed by atoms with Crippen LogP contribution < -0.4 is 10.6 Å². The van der Waals surface area contributed by atoms with Crippen LogP contribution >= 0.6 is 22.9 Å². The van der Waals surface area contributed by atoms with Crippen LogP contribution in [0.25, 0.3) is 0 Å². The largest absolute Gasteiger partial charge is 0.347 e. The molecule has 0 radical (unpaired) electrons. The third-order valence-corrected chi connectivity index (χ3v) is 9.36. The van der Waals surface area contributed by atoms with Crippen molar-refractivity contribution in [2.75, 3.05) is 19.6 Å². The number of amides is 1. The van der Waals surface area contributed by atoms with Gasteiger partial charge >= 0.3 is 0 Å². The summed E-state index contributed by atoms with van der Waals surface area (Å²) in [5.41, 5.74) is 0.515. The van der Waals surface area contributed by atoms with Crippen molar-refractivity contribution in [3.63, 3.8) is 0 Å². The highest BCUT2D eigenvalue weighted by molar-refractivity contribution is 7.91. The Hall–Kier alpha value is -1.45. The van der Waals surface area contributed by atoms with E-state index in [1.54, 1.807) is 40.7 Å². The fourth-order valence-electron chi connectivity index (χ4n) is 3.79. The van der Waals surface area contributed by atoms with E-state index in [-0.39, 0.29) is 12.5 Å². The Morgan fingerprint density at radius 1 is 1.12 bits per heavy atom. The van der Waals surface area contributed by atoms with E-state index in [0.29, 0.717) is 33.9 Å². The molecular formula is C23H32ClN3O3S2. The van der Waals surface area contributed by atoms with Crippen molar-refractivity contribution in [2.45, 2.75) is 62.2 Å². The summed E-state index contributed by atoms with van der Waals surface area (Å²) in [5, 5.41) is 7.00. The highest BCUT2D eigenvalue weighted by Gasteiger charge is 2.28. The molecule has 2 aromatic rings. The summed E-state index contributed by atoms with van der Waals surface area (Å²) in [5.74, 6) is -0.218. The maximum atomic E-state index is 13.2. The third-order valence-electron chi connectivity index (χ3n) is 5.66. The summed E-state index contributed by atoms with van der Waals surface area (Å²) in [6, 6.07) is 10.5. The first-order valence-corrected chi connectivity index (χ1v) is 13.9. The number of carbonyl (C=O) groups excluding carboxylic acids is 1. The van der Waals surface area contributed by atoms with E-state index in [0.717, 1.165) is 30.7 Å². The van der Waals surface area contributed by atoms with Gasteiger partial charge in [0.15, 0.2) is 0 Å². The topological polar surface area (TPSA) is 78.5 Å². The minimum absolute atomic E-state index is 0.218. The fourth-order valence-corrected chi connectivity index (χ4v) is 6.85. The van der Waals surface area contributed by atoms with Crippen molar-refractivity contribution in [1.82, 2.24) is 14.9 Å². The normalized spacial score (nSPS) is 17.8. The molecule has 1 aromatic carbocycles. The lowest BCUT2D eigenvalue weighted by Crippen LogP contribution is -2.34. The summed E-state index contributed by atoms with van der Waals surface area (Å²) in [6.07, 6.45) is 6.29. The molecule has 6 nitrogen and oxygen atoms in total. The van der Waals surface area contributed by atoms with Gasteiger partial charge in [0.1, 0.15) is 4.21 Å². The van der Waals surface area contributed by atoms with Gasteiger partial charge in [0.05, 0.1) is 6.54 Å². The van der Waals surface area contributed by atoms with Gasteiger partial charge in [-0.15, -0.1) is 11.3 Å². The van der Waals surface area contributed by atoms with Gasteiger partial charge in [0, 0.05) is 34.6 Å². The second-order valence-corrected chi connectivity index (χ2v) is 11.9. The van der Waals surface area contributed by atoms with Gasteiger partial charge in [0.25, 0.3) is 15.9 Å². The number of rotatable bonds is 10. The lowest BCUT2D eigenvalue weighted by Gasteiger charge is -2.19. The molecule has 2 heterocycles. The fraction of sp³-hybridized carbons (Fsp3) is 0.522. The quantitative estimate of drug-likeness (QED) is 0.468. The molecule has 1 atom stereocenters. The first kappa shape index (κ1) is 25.2. The lowest BCUT2D eigenvalue weighted by molar-refractivity contribution is 0.0951. The highest BCUT2D eigenvalue weighted by atomic mass is 35.5. The maximum absolute atomic E-state index is 13.2.